The molecule has 3 aromatic carbocycles. The third-order valence-corrected chi connectivity index (χ3v) is 10.8. The molecule has 0 unspecified atom stereocenters. The van der Waals surface area contributed by atoms with Gasteiger partial charge in [-0.15, -0.1) is 0 Å². The van der Waals surface area contributed by atoms with E-state index in [0.29, 0.717) is 36.8 Å². The Balaban J connectivity index is 1.38. The minimum Gasteiger partial charge on any atom is -0.370 e. The number of benzene rings is 3. The minimum atomic E-state index is -3.68. The fourth-order valence-electron chi connectivity index (χ4n) is 6.20. The number of carbonyl (C=O) groups excluding carboxylic acids is 5. The molecule has 1 saturated carbocycles. The van der Waals surface area contributed by atoms with Crippen LogP contribution in [0.3, 0.4) is 0 Å². The summed E-state index contributed by atoms with van der Waals surface area (Å²) in [6.07, 6.45) is 2.08. The largest absolute Gasteiger partial charge is 0.370 e. The van der Waals surface area contributed by atoms with E-state index in [-0.39, 0.29) is 32.3 Å². The lowest BCUT2D eigenvalue weighted by Crippen LogP contribution is -2.63. The van der Waals surface area contributed by atoms with Crippen molar-refractivity contribution in [2.45, 2.75) is 81.9 Å². The minimum absolute atomic E-state index is 0.0500. The molecule has 5 rings (SSSR count). The Hall–Kier alpha value is -4.84. The van der Waals surface area contributed by atoms with Crippen LogP contribution in [0.5, 0.6) is 0 Å². The van der Waals surface area contributed by atoms with Crippen LogP contribution in [0, 0.1) is 0 Å². The Bertz CT molecular complexity index is 1690. The maximum absolute atomic E-state index is 14.1. The predicted molar refractivity (Wildman–Crippen MR) is 188 cm³/mol. The number of hydrogen-bond acceptors (Lipinski definition) is 8. The van der Waals surface area contributed by atoms with Crippen molar-refractivity contribution in [2.75, 3.05) is 6.54 Å². The van der Waals surface area contributed by atoms with E-state index in [1.165, 1.54) is 0 Å². The van der Waals surface area contributed by atoms with Gasteiger partial charge in [0.15, 0.2) is 0 Å². The Morgan fingerprint density at radius 3 is 1.92 bits per heavy atom. The number of nitrogens with one attached hydrogen (secondary N) is 4. The van der Waals surface area contributed by atoms with Crippen molar-refractivity contribution in [2.24, 2.45) is 5.73 Å². The quantitative estimate of drug-likeness (QED) is 0.185. The zero-order chi connectivity index (χ0) is 36.3. The molecular weight excluding hydrogens is 673 g/mol. The van der Waals surface area contributed by atoms with Gasteiger partial charge < -0.3 is 36.0 Å². The van der Waals surface area contributed by atoms with Crippen molar-refractivity contribution in [1.29, 1.82) is 0 Å². The first kappa shape index (κ1) is 37.4. The molecule has 2 fully saturated rings. The van der Waals surface area contributed by atoms with Gasteiger partial charge in [0.05, 0.1) is 25.8 Å². The zero-order valence-electron chi connectivity index (χ0n) is 28.3. The second-order valence-electron chi connectivity index (χ2n) is 12.9. The molecular formula is C37H44N5O8P. The van der Waals surface area contributed by atoms with Gasteiger partial charge in [0.1, 0.15) is 17.6 Å². The number of hydrogen-bond donors (Lipinski definition) is 5. The van der Waals surface area contributed by atoms with E-state index in [9.17, 15) is 28.5 Å². The van der Waals surface area contributed by atoms with Crippen LogP contribution in [0.15, 0.2) is 84.9 Å². The van der Waals surface area contributed by atoms with Gasteiger partial charge in [-0.25, -0.2) is 0 Å². The summed E-state index contributed by atoms with van der Waals surface area (Å²) in [5.41, 5.74) is 6.70. The van der Waals surface area contributed by atoms with E-state index in [2.05, 4.69) is 21.3 Å². The first-order valence-corrected chi connectivity index (χ1v) is 18.8. The molecule has 14 heteroatoms. The lowest BCUT2D eigenvalue weighted by Gasteiger charge is -2.38. The summed E-state index contributed by atoms with van der Waals surface area (Å²) in [7, 11) is -3.68. The third-order valence-electron chi connectivity index (χ3n) is 8.98. The first-order valence-electron chi connectivity index (χ1n) is 17.1. The van der Waals surface area contributed by atoms with Gasteiger partial charge in [-0.3, -0.25) is 28.5 Å². The molecule has 13 nitrogen and oxygen atoms in total. The van der Waals surface area contributed by atoms with Crippen molar-refractivity contribution in [1.82, 2.24) is 21.3 Å². The number of amides is 5. The second-order valence-corrected chi connectivity index (χ2v) is 15.0. The zero-order valence-corrected chi connectivity index (χ0v) is 29.2. The van der Waals surface area contributed by atoms with Crippen molar-refractivity contribution in [3.05, 3.63) is 107 Å². The molecule has 1 spiro atoms. The summed E-state index contributed by atoms with van der Waals surface area (Å²) in [5.74, 6) is -3.17. The molecule has 0 radical (unpaired) electrons. The average Bonchev–Trinajstić information content (AvgIpc) is 3.13. The highest BCUT2D eigenvalue weighted by molar-refractivity contribution is 7.52. The lowest BCUT2D eigenvalue weighted by atomic mass is 9.80. The van der Waals surface area contributed by atoms with E-state index in [4.69, 9.17) is 14.8 Å². The van der Waals surface area contributed by atoms with Gasteiger partial charge in [-0.05, 0) is 35.1 Å². The van der Waals surface area contributed by atoms with Crippen molar-refractivity contribution < 1.29 is 37.6 Å². The number of primary amides is 1. The molecule has 6 N–H and O–H groups in total. The molecule has 1 heterocycles. The molecule has 2 aliphatic rings. The predicted octanol–water partition coefficient (Wildman–Crippen LogP) is 3.67. The van der Waals surface area contributed by atoms with E-state index in [1.54, 1.807) is 24.3 Å². The van der Waals surface area contributed by atoms with Gasteiger partial charge in [0.25, 0.3) is 0 Å². The van der Waals surface area contributed by atoms with Gasteiger partial charge in [-0.1, -0.05) is 104 Å². The van der Waals surface area contributed by atoms with Crippen molar-refractivity contribution in [3.63, 3.8) is 0 Å². The summed E-state index contributed by atoms with van der Waals surface area (Å²) >= 11 is 0. The van der Waals surface area contributed by atoms with E-state index in [1.807, 2.05) is 60.7 Å². The van der Waals surface area contributed by atoms with Crippen LogP contribution in [-0.4, -0.2) is 47.7 Å². The van der Waals surface area contributed by atoms with Crippen LogP contribution in [0.1, 0.15) is 73.2 Å². The smallest absolute Gasteiger partial charge is 0.335 e. The highest BCUT2D eigenvalue weighted by Gasteiger charge is 2.44. The lowest BCUT2D eigenvalue weighted by molar-refractivity contribution is -0.139. The van der Waals surface area contributed by atoms with Gasteiger partial charge in [0.2, 0.25) is 29.5 Å². The van der Waals surface area contributed by atoms with Crippen molar-refractivity contribution in [3.8, 4) is 0 Å². The summed E-state index contributed by atoms with van der Waals surface area (Å²) in [6.45, 7) is 0.0616. The van der Waals surface area contributed by atoms with Crippen LogP contribution in [0.25, 0.3) is 0 Å². The Morgan fingerprint density at radius 2 is 1.35 bits per heavy atom. The summed E-state index contributed by atoms with van der Waals surface area (Å²) in [6, 6.07) is 22.9. The van der Waals surface area contributed by atoms with E-state index < -0.39 is 61.2 Å². The number of nitrogens with two attached hydrogens (primary N) is 1. The van der Waals surface area contributed by atoms with Crippen molar-refractivity contribution >= 4 is 37.1 Å². The first-order chi connectivity index (χ1) is 24.5. The van der Waals surface area contributed by atoms with Crippen LogP contribution < -0.4 is 27.0 Å². The molecule has 1 aliphatic heterocycles. The summed E-state index contributed by atoms with van der Waals surface area (Å²) in [5, 5.41) is 10.9. The number of rotatable bonds is 11. The molecule has 0 bridgehead atoms. The third kappa shape index (κ3) is 10.6. The average molecular weight is 718 g/mol. The molecule has 51 heavy (non-hydrogen) atoms. The SMILES string of the molecule is NC(=O)C[C@@H]1NC(=O)C2(CCCCC2)NC(=O)[C@@H](c2ccc(CP(=O)(OCc3ccccc3)OCc3ccccc3)cc2)NC(=O)CCNC1=O. The second kappa shape index (κ2) is 17.4. The normalized spacial score (nSPS) is 20.1. The molecule has 0 aromatic heterocycles. The Morgan fingerprint density at radius 1 is 0.765 bits per heavy atom. The van der Waals surface area contributed by atoms with E-state index in [0.717, 1.165) is 17.5 Å². The van der Waals surface area contributed by atoms with Gasteiger partial charge in [-0.2, -0.15) is 0 Å². The fraction of sp³-hybridized carbons (Fsp3) is 0.378. The van der Waals surface area contributed by atoms with Crippen LogP contribution in [0.2, 0.25) is 0 Å². The molecule has 1 aliphatic carbocycles. The fourth-order valence-corrected chi connectivity index (χ4v) is 7.80. The molecule has 270 valence electrons. The molecule has 5 amide bonds. The standard InChI is InChI=1S/C37H44N5O8P/c38-31(43)22-30-34(45)39-21-18-32(44)41-33(35(46)42-37(36(47)40-30)19-8-3-9-20-37)29-16-14-28(15-17-29)25-51(48,49-23-26-10-4-1-5-11-26)50-24-27-12-6-2-7-13-27/h1-2,4-7,10-17,30,33H,3,8-9,18-25H2,(H2,38,43)(H,39,45)(H,40,47)(H,41,44)(H,42,46)/t30-,33+/m0/s1. The molecule has 2 atom stereocenters. The Kier molecular flexibility index (Phi) is 12.8. The monoisotopic (exact) mass is 717 g/mol. The highest BCUT2D eigenvalue weighted by atomic mass is 31.2. The molecule has 3 aromatic rings. The maximum atomic E-state index is 14.1. The van der Waals surface area contributed by atoms with Crippen LogP contribution in [0.4, 0.5) is 0 Å². The summed E-state index contributed by atoms with van der Waals surface area (Å²) in [4.78, 5) is 65.5. The van der Waals surface area contributed by atoms with E-state index >= 15 is 0 Å². The van der Waals surface area contributed by atoms with Gasteiger partial charge >= 0.3 is 7.60 Å². The molecule has 1 saturated heterocycles. The number of carbonyl (C=O) groups is 5. The Labute approximate surface area is 297 Å². The topological polar surface area (TPSA) is 195 Å². The van der Waals surface area contributed by atoms with Crippen LogP contribution >= 0.6 is 7.60 Å². The summed E-state index contributed by atoms with van der Waals surface area (Å²) < 4.78 is 26.0. The van der Waals surface area contributed by atoms with Crippen LogP contribution in [-0.2, 0) is 57.0 Å². The van der Waals surface area contributed by atoms with Gasteiger partial charge in [0, 0.05) is 13.0 Å². The highest BCUT2D eigenvalue weighted by Crippen LogP contribution is 2.53. The maximum Gasteiger partial charge on any atom is 0.335 e.